The molecule has 0 aromatic rings. The third kappa shape index (κ3) is 1.35. The van der Waals surface area contributed by atoms with Crippen molar-refractivity contribution in [1.82, 2.24) is 0 Å². The predicted octanol–water partition coefficient (Wildman–Crippen LogP) is -1.37. The summed E-state index contributed by atoms with van der Waals surface area (Å²) in [7, 11) is 0. The molecule has 164 valence electrons. The Balaban J connectivity index is 1.71. The first-order chi connectivity index (χ1) is 13.8. The number of ether oxygens (including phenoxy) is 4. The topological polar surface area (TPSA) is 149 Å². The lowest BCUT2D eigenvalue weighted by molar-refractivity contribution is -0.239. The Hall–Kier alpha value is -1.75. The van der Waals surface area contributed by atoms with Gasteiger partial charge in [0.05, 0.1) is 22.9 Å². The number of aliphatic hydroxyl groups excluding tert-OH is 2. The third-order valence-corrected chi connectivity index (χ3v) is 8.91. The van der Waals surface area contributed by atoms with Gasteiger partial charge < -0.3 is 34.3 Å². The monoisotopic (exact) mass is 424 g/mol. The minimum Gasteiger partial charge on any atom is -0.459 e. The van der Waals surface area contributed by atoms with Crippen molar-refractivity contribution in [2.24, 2.45) is 28.1 Å². The summed E-state index contributed by atoms with van der Waals surface area (Å²) in [5.41, 5.74) is -7.95. The molecule has 0 aromatic carbocycles. The molecule has 11 atom stereocenters. The molecule has 10 heteroatoms. The van der Waals surface area contributed by atoms with Gasteiger partial charge in [-0.15, -0.1) is 0 Å². The molecule has 10 nitrogen and oxygen atoms in total. The number of hydrogen-bond acceptors (Lipinski definition) is 10. The number of fused-ring (bicyclic) bond motifs is 1. The van der Waals surface area contributed by atoms with Gasteiger partial charge in [0, 0.05) is 12.3 Å². The molecular formula is C20H24O10. The highest BCUT2D eigenvalue weighted by atomic mass is 16.8. The molecule has 30 heavy (non-hydrogen) atoms. The van der Waals surface area contributed by atoms with Crippen LogP contribution in [0, 0.1) is 28.1 Å². The average molecular weight is 424 g/mol. The maximum Gasteiger partial charge on any atom is 0.342 e. The molecule has 2 aliphatic carbocycles. The quantitative estimate of drug-likeness (QED) is 0.314. The zero-order valence-corrected chi connectivity index (χ0v) is 16.9. The van der Waals surface area contributed by atoms with Crippen molar-refractivity contribution in [1.29, 1.82) is 0 Å². The van der Waals surface area contributed by atoms with E-state index in [2.05, 4.69) is 0 Å². The molecule has 6 rings (SSSR count). The summed E-state index contributed by atoms with van der Waals surface area (Å²) in [6.45, 7) is 6.97. The van der Waals surface area contributed by atoms with Gasteiger partial charge in [-0.1, -0.05) is 20.8 Å². The standard InChI is InChI=1S/C20H24O10/c1-6-12(23)27-7-5-17-11-8(21)9(16(2,3)4)18(17)10(22)13(24)29-15(18)30-20(17,14(25)28-11)19(6,7)26/h6-11,15,21-22,26H,5H2,1-4H3/t6-,7+,8+,9+,10+,11-,15?,17-,18?,19-,20-/m1/s1. The number of aliphatic hydroxyl groups is 3. The van der Waals surface area contributed by atoms with Gasteiger partial charge >= 0.3 is 17.9 Å². The van der Waals surface area contributed by atoms with Crippen LogP contribution in [0.15, 0.2) is 0 Å². The predicted molar refractivity (Wildman–Crippen MR) is 92.0 cm³/mol. The van der Waals surface area contributed by atoms with E-state index >= 15 is 0 Å². The molecule has 2 saturated carbocycles. The molecule has 0 amide bonds. The summed E-state index contributed by atoms with van der Waals surface area (Å²) in [5.74, 6) is -4.43. The van der Waals surface area contributed by atoms with Crippen LogP contribution >= 0.6 is 0 Å². The van der Waals surface area contributed by atoms with Crippen LogP contribution in [-0.2, 0) is 33.3 Å². The van der Waals surface area contributed by atoms with Crippen molar-refractivity contribution in [2.75, 3.05) is 0 Å². The fourth-order valence-electron chi connectivity index (χ4n) is 8.22. The molecule has 4 heterocycles. The lowest BCUT2D eigenvalue weighted by atomic mass is 9.51. The highest BCUT2D eigenvalue weighted by Gasteiger charge is 3.02. The first-order valence-electron chi connectivity index (χ1n) is 10.2. The van der Waals surface area contributed by atoms with Crippen LogP contribution in [0.25, 0.3) is 0 Å². The van der Waals surface area contributed by atoms with Crippen LogP contribution in [0.1, 0.15) is 34.1 Å². The van der Waals surface area contributed by atoms with E-state index in [-0.39, 0.29) is 6.42 Å². The fraction of sp³-hybridized carbons (Fsp3) is 0.850. The van der Waals surface area contributed by atoms with E-state index < -0.39 is 87.9 Å². The van der Waals surface area contributed by atoms with Gasteiger partial charge in [-0.3, -0.25) is 4.79 Å². The molecule has 4 aliphatic heterocycles. The van der Waals surface area contributed by atoms with E-state index in [0.717, 1.165) is 0 Å². The molecule has 2 unspecified atom stereocenters. The minimum absolute atomic E-state index is 0.107. The van der Waals surface area contributed by atoms with Crippen molar-refractivity contribution in [3.63, 3.8) is 0 Å². The van der Waals surface area contributed by atoms with Crippen molar-refractivity contribution in [2.45, 2.75) is 76.0 Å². The Labute approximate surface area is 171 Å². The summed E-state index contributed by atoms with van der Waals surface area (Å²) in [6.07, 6.45) is -6.73. The Kier molecular flexibility index (Phi) is 2.97. The molecule has 0 bridgehead atoms. The molecule has 4 saturated heterocycles. The Bertz CT molecular complexity index is 925. The SMILES string of the molecule is C[C@@H]1C(=O)O[C@H]2C[C@]34[C@@H]5OC(=O)[C@]3(OC3OC(=O)[C@H](O)C34[C@H](C(C)(C)C)[C@@H]5O)[C@]21O. The van der Waals surface area contributed by atoms with Gasteiger partial charge in [0.1, 0.15) is 12.2 Å². The summed E-state index contributed by atoms with van der Waals surface area (Å²) in [6, 6.07) is 0. The molecule has 3 N–H and O–H groups in total. The number of rotatable bonds is 0. The average Bonchev–Trinajstić information content (AvgIpc) is 3.32. The minimum atomic E-state index is -2.12. The fourth-order valence-corrected chi connectivity index (χ4v) is 8.22. The van der Waals surface area contributed by atoms with Crippen molar-refractivity contribution in [3.05, 3.63) is 0 Å². The second-order valence-electron chi connectivity index (χ2n) is 10.7. The van der Waals surface area contributed by atoms with E-state index in [1.807, 2.05) is 20.8 Å². The van der Waals surface area contributed by atoms with Crippen molar-refractivity contribution in [3.8, 4) is 0 Å². The molecule has 2 spiro atoms. The van der Waals surface area contributed by atoms with E-state index in [4.69, 9.17) is 18.9 Å². The van der Waals surface area contributed by atoms with E-state index in [9.17, 15) is 29.7 Å². The van der Waals surface area contributed by atoms with E-state index in [0.29, 0.717) is 0 Å². The van der Waals surface area contributed by atoms with Gasteiger partial charge in [-0.2, -0.15) is 0 Å². The maximum atomic E-state index is 13.4. The van der Waals surface area contributed by atoms with Gasteiger partial charge in [0.15, 0.2) is 11.7 Å². The van der Waals surface area contributed by atoms with Gasteiger partial charge in [-0.05, 0) is 12.3 Å². The molecule has 6 aliphatic rings. The highest BCUT2D eigenvalue weighted by molar-refractivity contribution is 5.93. The molecule has 0 aromatic heterocycles. The number of esters is 3. The van der Waals surface area contributed by atoms with Gasteiger partial charge in [-0.25, -0.2) is 9.59 Å². The zero-order valence-electron chi connectivity index (χ0n) is 16.9. The smallest absolute Gasteiger partial charge is 0.342 e. The molecule has 0 radical (unpaired) electrons. The normalized spacial score (nSPS) is 60.1. The van der Waals surface area contributed by atoms with E-state index in [1.54, 1.807) is 0 Å². The summed E-state index contributed by atoms with van der Waals surface area (Å²) in [4.78, 5) is 38.2. The second kappa shape index (κ2) is 4.69. The summed E-state index contributed by atoms with van der Waals surface area (Å²) in [5, 5.41) is 34.4. The number of hydrogen-bond donors (Lipinski definition) is 3. The van der Waals surface area contributed by atoms with Gasteiger partial charge in [0.25, 0.3) is 0 Å². The molecule has 6 fully saturated rings. The lowest BCUT2D eigenvalue weighted by Gasteiger charge is -2.46. The summed E-state index contributed by atoms with van der Waals surface area (Å²) >= 11 is 0. The third-order valence-electron chi connectivity index (χ3n) is 8.91. The largest absolute Gasteiger partial charge is 0.459 e. The van der Waals surface area contributed by atoms with Crippen LogP contribution in [0.3, 0.4) is 0 Å². The summed E-state index contributed by atoms with van der Waals surface area (Å²) < 4.78 is 22.6. The van der Waals surface area contributed by atoms with Crippen molar-refractivity contribution < 1.29 is 48.7 Å². The van der Waals surface area contributed by atoms with Gasteiger partial charge in [0.2, 0.25) is 11.9 Å². The Morgan fingerprint density at radius 2 is 1.70 bits per heavy atom. The Morgan fingerprint density at radius 1 is 1.03 bits per heavy atom. The first kappa shape index (κ1) is 19.0. The highest BCUT2D eigenvalue weighted by Crippen LogP contribution is 2.84. The van der Waals surface area contributed by atoms with Crippen LogP contribution in [-0.4, -0.2) is 75.1 Å². The second-order valence-corrected chi connectivity index (χ2v) is 10.7. The van der Waals surface area contributed by atoms with Crippen LogP contribution < -0.4 is 0 Å². The number of carbonyl (C=O) groups is 3. The lowest BCUT2D eigenvalue weighted by Crippen LogP contribution is -2.66. The number of carbonyl (C=O) groups excluding carboxylic acids is 3. The van der Waals surface area contributed by atoms with Crippen LogP contribution in [0.5, 0.6) is 0 Å². The maximum absolute atomic E-state index is 13.4. The van der Waals surface area contributed by atoms with Crippen LogP contribution in [0.4, 0.5) is 0 Å². The first-order valence-corrected chi connectivity index (χ1v) is 10.2. The van der Waals surface area contributed by atoms with Crippen LogP contribution in [0.2, 0.25) is 0 Å². The van der Waals surface area contributed by atoms with Crippen molar-refractivity contribution >= 4 is 17.9 Å². The molecular weight excluding hydrogens is 400 g/mol. The van der Waals surface area contributed by atoms with E-state index in [1.165, 1.54) is 6.92 Å². The Morgan fingerprint density at radius 3 is 2.33 bits per heavy atom. The zero-order chi connectivity index (χ0) is 21.8.